The second-order valence-electron chi connectivity index (χ2n) is 4.22. The molecule has 2 rings (SSSR count). The predicted molar refractivity (Wildman–Crippen MR) is 72.7 cm³/mol. The zero-order valence-corrected chi connectivity index (χ0v) is 11.5. The molecule has 94 valence electrons. The molecule has 2 heterocycles. The highest BCUT2D eigenvalue weighted by Crippen LogP contribution is 2.30. The number of carbonyl (C=O) groups is 1. The summed E-state index contributed by atoms with van der Waals surface area (Å²) in [6, 6.07) is 3.96. The van der Waals surface area contributed by atoms with Gasteiger partial charge in [-0.1, -0.05) is 6.07 Å². The minimum Gasteiger partial charge on any atom is -0.376 e. The van der Waals surface area contributed by atoms with Crippen molar-refractivity contribution in [2.24, 2.45) is 0 Å². The maximum atomic E-state index is 11.8. The van der Waals surface area contributed by atoms with E-state index in [2.05, 4.69) is 5.32 Å². The Morgan fingerprint density at radius 1 is 1.65 bits per heavy atom. The number of nitrogens with one attached hydrogen (secondary N) is 1. The third-order valence-electron chi connectivity index (χ3n) is 3.02. The van der Waals surface area contributed by atoms with Gasteiger partial charge in [0.05, 0.1) is 12.0 Å². The minimum absolute atomic E-state index is 0.0841. The lowest BCUT2D eigenvalue weighted by Crippen LogP contribution is -2.44. The topological polar surface area (TPSA) is 38.3 Å². The molecule has 1 aromatic rings. The van der Waals surface area contributed by atoms with Crippen molar-refractivity contribution in [2.75, 3.05) is 25.2 Å². The first-order valence-corrected chi connectivity index (χ1v) is 7.69. The summed E-state index contributed by atoms with van der Waals surface area (Å²) in [6.45, 7) is 0.626. The van der Waals surface area contributed by atoms with E-state index in [1.54, 1.807) is 18.4 Å². The molecule has 0 unspecified atom stereocenters. The van der Waals surface area contributed by atoms with Crippen molar-refractivity contribution < 1.29 is 9.53 Å². The summed E-state index contributed by atoms with van der Waals surface area (Å²) in [5.41, 5.74) is -0.143. The monoisotopic (exact) mass is 271 g/mol. The summed E-state index contributed by atoms with van der Waals surface area (Å²) < 4.78 is 5.55. The van der Waals surface area contributed by atoms with Gasteiger partial charge in [0, 0.05) is 24.3 Å². The molecule has 1 saturated heterocycles. The van der Waals surface area contributed by atoms with Crippen LogP contribution in [-0.4, -0.2) is 36.7 Å². The second-order valence-corrected chi connectivity index (χ2v) is 6.36. The average Bonchev–Trinajstić information content (AvgIpc) is 2.98. The third-order valence-corrected chi connectivity index (χ3v) is 5.12. The van der Waals surface area contributed by atoms with Crippen molar-refractivity contribution in [2.45, 2.75) is 18.4 Å². The Morgan fingerprint density at radius 2 is 2.53 bits per heavy atom. The number of hydrogen-bond acceptors (Lipinski definition) is 4. The SMILES string of the molecule is CO[C@@]1(CNC(=O)Cc2cccs2)CCSC1. The number of rotatable bonds is 5. The van der Waals surface area contributed by atoms with Crippen LogP contribution in [0.2, 0.25) is 0 Å². The maximum absolute atomic E-state index is 11.8. The van der Waals surface area contributed by atoms with E-state index in [0.717, 1.165) is 22.8 Å². The van der Waals surface area contributed by atoms with Gasteiger partial charge in [0.25, 0.3) is 0 Å². The Labute approximate surface area is 110 Å². The lowest BCUT2D eigenvalue weighted by atomic mass is 10.0. The lowest BCUT2D eigenvalue weighted by molar-refractivity contribution is -0.121. The molecule has 0 radical (unpaired) electrons. The second kappa shape index (κ2) is 5.89. The van der Waals surface area contributed by atoms with Crippen molar-refractivity contribution in [1.29, 1.82) is 0 Å². The van der Waals surface area contributed by atoms with Gasteiger partial charge in [0.1, 0.15) is 0 Å². The van der Waals surface area contributed by atoms with Gasteiger partial charge in [-0.2, -0.15) is 11.8 Å². The summed E-state index contributed by atoms with van der Waals surface area (Å²) in [5, 5.41) is 4.98. The maximum Gasteiger partial charge on any atom is 0.225 e. The van der Waals surface area contributed by atoms with Crippen molar-refractivity contribution in [1.82, 2.24) is 5.32 Å². The molecule has 5 heteroatoms. The Bertz CT molecular complexity index is 359. The van der Waals surface area contributed by atoms with Crippen molar-refractivity contribution in [3.63, 3.8) is 0 Å². The Kier molecular flexibility index (Phi) is 4.48. The van der Waals surface area contributed by atoms with Gasteiger partial charge in [-0.25, -0.2) is 0 Å². The van der Waals surface area contributed by atoms with Gasteiger partial charge in [0.2, 0.25) is 5.91 Å². The number of ether oxygens (including phenoxy) is 1. The van der Waals surface area contributed by atoms with Gasteiger partial charge in [0.15, 0.2) is 0 Å². The van der Waals surface area contributed by atoms with Crippen LogP contribution in [0.15, 0.2) is 17.5 Å². The van der Waals surface area contributed by atoms with E-state index in [0.29, 0.717) is 13.0 Å². The summed E-state index contributed by atoms with van der Waals surface area (Å²) >= 11 is 3.51. The van der Waals surface area contributed by atoms with Crippen molar-refractivity contribution >= 4 is 29.0 Å². The molecular weight excluding hydrogens is 254 g/mol. The molecule has 0 aliphatic carbocycles. The van der Waals surface area contributed by atoms with Gasteiger partial charge < -0.3 is 10.1 Å². The number of thioether (sulfide) groups is 1. The average molecular weight is 271 g/mol. The van der Waals surface area contributed by atoms with Crippen LogP contribution in [0.5, 0.6) is 0 Å². The van der Waals surface area contributed by atoms with Crippen LogP contribution >= 0.6 is 23.1 Å². The fourth-order valence-electron chi connectivity index (χ4n) is 1.85. The molecule has 1 N–H and O–H groups in total. The number of amides is 1. The van der Waals surface area contributed by atoms with Crippen molar-refractivity contribution in [3.8, 4) is 0 Å². The normalized spacial score (nSPS) is 23.8. The summed E-state index contributed by atoms with van der Waals surface area (Å²) in [6.07, 6.45) is 1.50. The summed E-state index contributed by atoms with van der Waals surface area (Å²) in [4.78, 5) is 12.9. The number of hydrogen-bond donors (Lipinski definition) is 1. The first-order valence-electron chi connectivity index (χ1n) is 5.66. The van der Waals surface area contributed by atoms with Crippen LogP contribution in [0, 0.1) is 0 Å². The molecule has 0 spiro atoms. The molecule has 17 heavy (non-hydrogen) atoms. The van der Waals surface area contributed by atoms with Gasteiger partial charge in [-0.3, -0.25) is 4.79 Å². The molecule has 1 aliphatic heterocycles. The van der Waals surface area contributed by atoms with E-state index < -0.39 is 0 Å². The predicted octanol–water partition coefficient (Wildman–Crippen LogP) is 1.93. The molecule has 1 atom stereocenters. The Hall–Kier alpha value is -0.520. The van der Waals surface area contributed by atoms with Crippen LogP contribution in [0.4, 0.5) is 0 Å². The first kappa shape index (κ1) is 12.9. The Morgan fingerprint density at radius 3 is 3.12 bits per heavy atom. The zero-order chi connectivity index (χ0) is 12.1. The van der Waals surface area contributed by atoms with Gasteiger partial charge >= 0.3 is 0 Å². The largest absolute Gasteiger partial charge is 0.376 e. The fraction of sp³-hybridized carbons (Fsp3) is 0.583. The van der Waals surface area contributed by atoms with Gasteiger partial charge in [-0.05, 0) is 23.6 Å². The van der Waals surface area contributed by atoms with Crippen LogP contribution in [0.25, 0.3) is 0 Å². The molecule has 0 saturated carbocycles. The molecule has 0 aromatic carbocycles. The van der Waals surface area contributed by atoms with Crippen LogP contribution in [-0.2, 0) is 16.0 Å². The highest BCUT2D eigenvalue weighted by molar-refractivity contribution is 7.99. The van der Waals surface area contributed by atoms with E-state index in [-0.39, 0.29) is 11.5 Å². The van der Waals surface area contributed by atoms with Gasteiger partial charge in [-0.15, -0.1) is 11.3 Å². The molecule has 1 aromatic heterocycles. The van der Waals surface area contributed by atoms with E-state index in [1.807, 2.05) is 29.3 Å². The summed E-state index contributed by atoms with van der Waals surface area (Å²) in [7, 11) is 1.73. The molecule has 1 aliphatic rings. The number of carbonyl (C=O) groups excluding carboxylic acids is 1. The molecule has 1 amide bonds. The minimum atomic E-state index is -0.143. The highest BCUT2D eigenvalue weighted by Gasteiger charge is 2.34. The standard InChI is InChI=1S/C12H17NO2S2/c1-15-12(4-6-16-9-12)8-13-11(14)7-10-3-2-5-17-10/h2-3,5H,4,6-9H2,1H3,(H,13,14)/t12-/m1/s1. The van der Waals surface area contributed by atoms with Crippen LogP contribution < -0.4 is 5.32 Å². The van der Waals surface area contributed by atoms with Crippen LogP contribution in [0.3, 0.4) is 0 Å². The van der Waals surface area contributed by atoms with Crippen LogP contribution in [0.1, 0.15) is 11.3 Å². The molecule has 3 nitrogen and oxygen atoms in total. The molecule has 0 bridgehead atoms. The quantitative estimate of drug-likeness (QED) is 0.889. The lowest BCUT2D eigenvalue weighted by Gasteiger charge is -2.26. The first-order chi connectivity index (χ1) is 8.24. The zero-order valence-electron chi connectivity index (χ0n) is 9.90. The number of methoxy groups -OCH3 is 1. The molecular formula is C12H17NO2S2. The fourth-order valence-corrected chi connectivity index (χ4v) is 3.96. The number of thiophene rings is 1. The van der Waals surface area contributed by atoms with E-state index in [1.165, 1.54) is 0 Å². The highest BCUT2D eigenvalue weighted by atomic mass is 32.2. The van der Waals surface area contributed by atoms with Crippen molar-refractivity contribution in [3.05, 3.63) is 22.4 Å². The summed E-state index contributed by atoms with van der Waals surface area (Å²) in [5.74, 6) is 2.18. The van der Waals surface area contributed by atoms with E-state index >= 15 is 0 Å². The Balaban J connectivity index is 1.79. The smallest absolute Gasteiger partial charge is 0.225 e. The third kappa shape index (κ3) is 3.47. The molecule has 1 fully saturated rings. The van der Waals surface area contributed by atoms with E-state index in [4.69, 9.17) is 4.74 Å². The van der Waals surface area contributed by atoms with E-state index in [9.17, 15) is 4.79 Å².